The molecule has 4 nitrogen and oxygen atoms in total. The first-order chi connectivity index (χ1) is 11.9. The van der Waals surface area contributed by atoms with Gasteiger partial charge in [-0.15, -0.1) is 0 Å². The second-order valence-electron chi connectivity index (χ2n) is 6.23. The molecule has 2 rings (SSSR count). The molecule has 1 unspecified atom stereocenters. The van der Waals surface area contributed by atoms with Gasteiger partial charge >= 0.3 is 0 Å². The van der Waals surface area contributed by atoms with Crippen molar-refractivity contribution in [3.05, 3.63) is 63.6 Å². The van der Waals surface area contributed by atoms with Crippen molar-refractivity contribution in [2.24, 2.45) is 5.10 Å². The van der Waals surface area contributed by atoms with E-state index in [0.717, 1.165) is 21.3 Å². The maximum absolute atomic E-state index is 12.2. The van der Waals surface area contributed by atoms with Crippen LogP contribution in [-0.2, 0) is 4.79 Å². The van der Waals surface area contributed by atoms with Crippen molar-refractivity contribution in [2.75, 3.05) is 0 Å². The number of benzene rings is 2. The van der Waals surface area contributed by atoms with Crippen molar-refractivity contribution in [1.82, 2.24) is 5.43 Å². The zero-order valence-corrected chi connectivity index (χ0v) is 16.5. The number of rotatable bonds is 6. The molecule has 1 N–H and O–H groups in total. The molecule has 0 radical (unpaired) electrons. The molecule has 0 aliphatic heterocycles. The molecule has 0 fully saturated rings. The normalized spacial score (nSPS) is 12.4. The molecule has 0 heterocycles. The van der Waals surface area contributed by atoms with E-state index in [1.165, 1.54) is 5.56 Å². The molecule has 5 heteroatoms. The molecule has 25 heavy (non-hydrogen) atoms. The van der Waals surface area contributed by atoms with Gasteiger partial charge in [0.1, 0.15) is 5.75 Å². The van der Waals surface area contributed by atoms with Crippen LogP contribution in [-0.4, -0.2) is 18.2 Å². The molecule has 2 aromatic rings. The monoisotopic (exact) mass is 402 g/mol. The molecular weight excluding hydrogens is 380 g/mol. The minimum atomic E-state index is -0.638. The summed E-state index contributed by atoms with van der Waals surface area (Å²) in [6.45, 7) is 7.93. The van der Waals surface area contributed by atoms with E-state index < -0.39 is 6.10 Å². The highest BCUT2D eigenvalue weighted by Gasteiger charge is 2.15. The second-order valence-corrected chi connectivity index (χ2v) is 7.14. The van der Waals surface area contributed by atoms with Gasteiger partial charge in [-0.25, -0.2) is 5.43 Å². The van der Waals surface area contributed by atoms with Gasteiger partial charge in [0.2, 0.25) is 0 Å². The van der Waals surface area contributed by atoms with Gasteiger partial charge < -0.3 is 4.74 Å². The van der Waals surface area contributed by atoms with Crippen molar-refractivity contribution < 1.29 is 9.53 Å². The van der Waals surface area contributed by atoms with Crippen LogP contribution in [0.5, 0.6) is 5.75 Å². The Morgan fingerprint density at radius 2 is 1.96 bits per heavy atom. The fourth-order valence-corrected chi connectivity index (χ4v) is 2.61. The molecule has 2 aromatic carbocycles. The largest absolute Gasteiger partial charge is 0.481 e. The Morgan fingerprint density at radius 1 is 1.20 bits per heavy atom. The number of hydrazone groups is 1. The molecule has 0 aromatic heterocycles. The fraction of sp³-hybridized carbons (Fsp3) is 0.300. The third-order valence-corrected chi connectivity index (χ3v) is 4.28. The van der Waals surface area contributed by atoms with Gasteiger partial charge in [-0.1, -0.05) is 54.0 Å². The quantitative estimate of drug-likeness (QED) is 0.557. The van der Waals surface area contributed by atoms with Crippen LogP contribution in [0.25, 0.3) is 0 Å². The Hall–Kier alpha value is -2.14. The summed E-state index contributed by atoms with van der Waals surface area (Å²) in [5, 5.41) is 3.99. The summed E-state index contributed by atoms with van der Waals surface area (Å²) in [5.74, 6) is 0.840. The van der Waals surface area contributed by atoms with Crippen LogP contribution < -0.4 is 10.2 Å². The zero-order chi connectivity index (χ0) is 18.4. The lowest BCUT2D eigenvalue weighted by atomic mass is 10.0. The van der Waals surface area contributed by atoms with E-state index >= 15 is 0 Å². The number of aryl methyl sites for hydroxylation is 1. The Morgan fingerprint density at radius 3 is 2.64 bits per heavy atom. The number of carbonyl (C=O) groups excluding carboxylic acids is 1. The zero-order valence-electron chi connectivity index (χ0n) is 14.9. The molecule has 1 amide bonds. The molecule has 132 valence electrons. The van der Waals surface area contributed by atoms with Gasteiger partial charge in [-0.3, -0.25) is 4.79 Å². The summed E-state index contributed by atoms with van der Waals surface area (Å²) in [4.78, 5) is 12.2. The summed E-state index contributed by atoms with van der Waals surface area (Å²) >= 11 is 3.40. The number of hydrogen-bond donors (Lipinski definition) is 1. The number of ether oxygens (including phenoxy) is 1. The third kappa shape index (κ3) is 5.71. The summed E-state index contributed by atoms with van der Waals surface area (Å²) in [6, 6.07) is 13.7. The third-order valence-electron chi connectivity index (χ3n) is 3.79. The van der Waals surface area contributed by atoms with Crippen LogP contribution in [0.4, 0.5) is 0 Å². The van der Waals surface area contributed by atoms with E-state index in [1.807, 2.05) is 43.3 Å². The molecule has 0 saturated carbocycles. The number of amides is 1. The molecule has 0 spiro atoms. The van der Waals surface area contributed by atoms with E-state index in [0.29, 0.717) is 5.92 Å². The second kappa shape index (κ2) is 8.81. The van der Waals surface area contributed by atoms with E-state index in [9.17, 15) is 4.79 Å². The average molecular weight is 403 g/mol. The van der Waals surface area contributed by atoms with E-state index in [4.69, 9.17) is 4.74 Å². The average Bonchev–Trinajstić information content (AvgIpc) is 2.56. The van der Waals surface area contributed by atoms with E-state index in [-0.39, 0.29) is 5.91 Å². The standard InChI is InChI=1S/C20H23BrN2O2/c1-13(2)17-9-8-14(3)19(11-17)25-15(4)20(24)23-22-12-16-6-5-7-18(21)10-16/h5-13,15H,1-4H3,(H,23,24)/b22-12+. The lowest BCUT2D eigenvalue weighted by Gasteiger charge is -2.16. The Kier molecular flexibility index (Phi) is 6.76. The maximum atomic E-state index is 12.2. The van der Waals surface area contributed by atoms with Crippen molar-refractivity contribution in [2.45, 2.75) is 39.7 Å². The van der Waals surface area contributed by atoms with Crippen LogP contribution in [0, 0.1) is 6.92 Å². The first-order valence-electron chi connectivity index (χ1n) is 8.22. The van der Waals surface area contributed by atoms with Crippen molar-refractivity contribution in [3.63, 3.8) is 0 Å². The van der Waals surface area contributed by atoms with E-state index in [1.54, 1.807) is 13.1 Å². The van der Waals surface area contributed by atoms with Crippen LogP contribution >= 0.6 is 15.9 Å². The molecule has 0 aliphatic carbocycles. The summed E-state index contributed by atoms with van der Waals surface area (Å²) in [6.07, 6.45) is 0.959. The first-order valence-corrected chi connectivity index (χ1v) is 9.02. The smallest absolute Gasteiger partial charge is 0.280 e. The Bertz CT molecular complexity index is 772. The summed E-state index contributed by atoms with van der Waals surface area (Å²) in [5.41, 5.74) is 5.59. The molecule has 0 bridgehead atoms. The molecule has 0 saturated heterocycles. The van der Waals surface area contributed by atoms with Crippen LogP contribution in [0.2, 0.25) is 0 Å². The number of hydrogen-bond acceptors (Lipinski definition) is 3. The topological polar surface area (TPSA) is 50.7 Å². The van der Waals surface area contributed by atoms with Gasteiger partial charge in [0, 0.05) is 4.47 Å². The van der Waals surface area contributed by atoms with E-state index in [2.05, 4.69) is 46.4 Å². The Balaban J connectivity index is 1.97. The highest BCUT2D eigenvalue weighted by atomic mass is 79.9. The van der Waals surface area contributed by atoms with Crippen LogP contribution in [0.3, 0.4) is 0 Å². The minimum absolute atomic E-state index is 0.291. The van der Waals surface area contributed by atoms with Gasteiger partial charge in [0.05, 0.1) is 6.21 Å². The lowest BCUT2D eigenvalue weighted by molar-refractivity contribution is -0.127. The van der Waals surface area contributed by atoms with Gasteiger partial charge in [0.15, 0.2) is 6.10 Å². The number of halogens is 1. The molecule has 1 atom stereocenters. The number of nitrogens with zero attached hydrogens (tertiary/aromatic N) is 1. The Labute approximate surface area is 157 Å². The summed E-state index contributed by atoms with van der Waals surface area (Å²) in [7, 11) is 0. The predicted octanol–water partition coefficient (Wildman–Crippen LogP) is 4.80. The maximum Gasteiger partial charge on any atom is 0.280 e. The number of nitrogens with one attached hydrogen (secondary N) is 1. The predicted molar refractivity (Wildman–Crippen MR) is 105 cm³/mol. The van der Waals surface area contributed by atoms with Crippen molar-refractivity contribution >= 4 is 28.1 Å². The molecule has 0 aliphatic rings. The van der Waals surface area contributed by atoms with Crippen molar-refractivity contribution in [3.8, 4) is 5.75 Å². The lowest BCUT2D eigenvalue weighted by Crippen LogP contribution is -2.33. The van der Waals surface area contributed by atoms with Crippen LogP contribution in [0.1, 0.15) is 43.4 Å². The van der Waals surface area contributed by atoms with Gasteiger partial charge in [-0.05, 0) is 54.7 Å². The summed E-state index contributed by atoms with van der Waals surface area (Å²) < 4.78 is 6.78. The SMILES string of the molecule is Cc1ccc(C(C)C)cc1OC(C)C(=O)N/N=C/c1cccc(Br)c1. The minimum Gasteiger partial charge on any atom is -0.481 e. The molecular formula is C20H23BrN2O2. The first kappa shape index (κ1) is 19.2. The number of carbonyl (C=O) groups is 1. The van der Waals surface area contributed by atoms with Gasteiger partial charge in [-0.2, -0.15) is 5.10 Å². The fourth-order valence-electron chi connectivity index (χ4n) is 2.19. The van der Waals surface area contributed by atoms with Gasteiger partial charge in [0.25, 0.3) is 5.91 Å². The highest BCUT2D eigenvalue weighted by molar-refractivity contribution is 9.10. The highest BCUT2D eigenvalue weighted by Crippen LogP contribution is 2.25. The van der Waals surface area contributed by atoms with Crippen LogP contribution in [0.15, 0.2) is 52.0 Å². The van der Waals surface area contributed by atoms with Crippen molar-refractivity contribution in [1.29, 1.82) is 0 Å².